The number of carbonyl (C=O) groups excluding carboxylic acids is 2. The van der Waals surface area contributed by atoms with E-state index in [1.165, 1.54) is 24.3 Å². The molecule has 0 aromatic heterocycles. The summed E-state index contributed by atoms with van der Waals surface area (Å²) in [4.78, 5) is 30.8. The number of fused-ring (bicyclic) bond motifs is 1. The summed E-state index contributed by atoms with van der Waals surface area (Å²) in [5, 5.41) is 6.49. The van der Waals surface area contributed by atoms with Crippen molar-refractivity contribution in [1.29, 1.82) is 0 Å². The molecule has 6 rings (SSSR count). The summed E-state index contributed by atoms with van der Waals surface area (Å²) in [6.07, 6.45) is 3.56. The minimum Gasteiger partial charge on any atom is -0.325 e. The molecule has 3 aliphatic rings. The van der Waals surface area contributed by atoms with Crippen molar-refractivity contribution in [2.75, 3.05) is 25.0 Å². The van der Waals surface area contributed by atoms with Crippen LogP contribution in [0.3, 0.4) is 0 Å². The second-order valence-corrected chi connectivity index (χ2v) is 10.4. The normalized spacial score (nSPS) is 28.1. The molecule has 3 saturated heterocycles. The van der Waals surface area contributed by atoms with Gasteiger partial charge in [-0.1, -0.05) is 42.5 Å². The van der Waals surface area contributed by atoms with E-state index >= 15 is 0 Å². The van der Waals surface area contributed by atoms with Crippen molar-refractivity contribution >= 4 is 23.5 Å². The van der Waals surface area contributed by atoms with Gasteiger partial charge in [0.15, 0.2) is 5.78 Å². The van der Waals surface area contributed by atoms with E-state index in [0.29, 0.717) is 30.9 Å². The maximum atomic E-state index is 14.6. The third-order valence-corrected chi connectivity index (χ3v) is 8.28. The Bertz CT molecular complexity index is 1370. The van der Waals surface area contributed by atoms with Crippen molar-refractivity contribution in [3.8, 4) is 0 Å². The van der Waals surface area contributed by atoms with Crippen LogP contribution in [-0.4, -0.2) is 48.3 Å². The number of halogens is 2. The van der Waals surface area contributed by atoms with Crippen LogP contribution in [0.5, 0.6) is 0 Å². The molecule has 38 heavy (non-hydrogen) atoms. The van der Waals surface area contributed by atoms with Crippen molar-refractivity contribution in [2.24, 2.45) is 5.41 Å². The van der Waals surface area contributed by atoms with Crippen LogP contribution in [0, 0.1) is 17.0 Å². The van der Waals surface area contributed by atoms with Crippen molar-refractivity contribution in [1.82, 2.24) is 10.2 Å². The monoisotopic (exact) mass is 513 g/mol. The number of Topliss-reactive ketones (excluding diaryl/α,β-unsaturated/α-hetero) is 1. The summed E-state index contributed by atoms with van der Waals surface area (Å²) in [7, 11) is 0. The number of hydrogen-bond donors (Lipinski definition) is 2. The molecule has 1 spiro atoms. The number of amides is 1. The molecule has 3 aromatic carbocycles. The molecule has 7 heteroatoms. The zero-order valence-corrected chi connectivity index (χ0v) is 20.9. The lowest BCUT2D eigenvalue weighted by atomic mass is 9.62. The lowest BCUT2D eigenvalue weighted by molar-refractivity contribution is -0.135. The third-order valence-electron chi connectivity index (χ3n) is 8.28. The zero-order valence-electron chi connectivity index (χ0n) is 20.9. The Morgan fingerprint density at radius 2 is 1.66 bits per heavy atom. The fourth-order valence-corrected chi connectivity index (χ4v) is 6.82. The van der Waals surface area contributed by atoms with E-state index in [1.807, 2.05) is 30.3 Å². The second kappa shape index (κ2) is 9.89. The van der Waals surface area contributed by atoms with Crippen LogP contribution in [0.15, 0.2) is 84.4 Å². The van der Waals surface area contributed by atoms with E-state index in [0.717, 1.165) is 24.0 Å². The van der Waals surface area contributed by atoms with Crippen LogP contribution in [0.4, 0.5) is 14.5 Å². The summed E-state index contributed by atoms with van der Waals surface area (Å²) in [6.45, 7) is 1.39. The van der Waals surface area contributed by atoms with Crippen molar-refractivity contribution in [3.05, 3.63) is 107 Å². The number of para-hydroxylation sites is 1. The molecule has 4 atom stereocenters. The first kappa shape index (κ1) is 24.6. The number of nitrogens with zero attached hydrogens (tertiary/aromatic N) is 1. The van der Waals surface area contributed by atoms with Gasteiger partial charge in [-0.2, -0.15) is 0 Å². The third kappa shape index (κ3) is 4.16. The van der Waals surface area contributed by atoms with Crippen molar-refractivity contribution in [2.45, 2.75) is 30.8 Å². The first-order valence-corrected chi connectivity index (χ1v) is 13.1. The highest BCUT2D eigenvalue weighted by Gasteiger charge is 2.67. The highest BCUT2D eigenvalue weighted by Crippen LogP contribution is 2.56. The lowest BCUT2D eigenvalue weighted by Crippen LogP contribution is -2.60. The number of nitrogens with one attached hydrogen (secondary N) is 2. The van der Waals surface area contributed by atoms with Gasteiger partial charge in [-0.15, -0.1) is 0 Å². The van der Waals surface area contributed by atoms with Crippen LogP contribution in [0.25, 0.3) is 6.08 Å². The molecular weight excluding hydrogens is 484 g/mol. The van der Waals surface area contributed by atoms with Crippen LogP contribution in [0.1, 0.15) is 29.9 Å². The quantitative estimate of drug-likeness (QED) is 0.493. The molecule has 2 unspecified atom stereocenters. The van der Waals surface area contributed by atoms with Crippen LogP contribution in [-0.2, 0) is 9.59 Å². The maximum Gasteiger partial charge on any atom is 0.242 e. The van der Waals surface area contributed by atoms with Gasteiger partial charge in [0.05, 0.1) is 5.41 Å². The SMILES string of the molecule is O=C(Nc1ccccc1)[C@H]1N2CCCC2[C@H](c2ccc(F)cc2)C12CNC/C(=C\c1ccc(F)cc1)C2=O. The number of ketones is 1. The van der Waals surface area contributed by atoms with Crippen LogP contribution >= 0.6 is 0 Å². The summed E-state index contributed by atoms with van der Waals surface area (Å²) in [5.74, 6) is -1.29. The van der Waals surface area contributed by atoms with E-state index < -0.39 is 11.5 Å². The number of benzene rings is 3. The van der Waals surface area contributed by atoms with Gasteiger partial charge in [-0.25, -0.2) is 8.78 Å². The first-order chi connectivity index (χ1) is 18.5. The molecule has 5 nitrogen and oxygen atoms in total. The van der Waals surface area contributed by atoms with Crippen molar-refractivity contribution < 1.29 is 18.4 Å². The molecule has 0 radical (unpaired) electrons. The molecule has 3 heterocycles. The highest BCUT2D eigenvalue weighted by molar-refractivity contribution is 6.10. The molecule has 3 aliphatic heterocycles. The Hall–Kier alpha value is -3.68. The number of anilines is 1. The van der Waals surface area contributed by atoms with E-state index in [1.54, 1.807) is 30.3 Å². The second-order valence-electron chi connectivity index (χ2n) is 10.4. The Morgan fingerprint density at radius 3 is 2.37 bits per heavy atom. The Morgan fingerprint density at radius 1 is 0.974 bits per heavy atom. The van der Waals surface area contributed by atoms with E-state index in [4.69, 9.17) is 0 Å². The Labute approximate surface area is 220 Å². The first-order valence-electron chi connectivity index (χ1n) is 13.1. The molecular formula is C31H29F2N3O2. The standard InChI is InChI=1S/C31H29F2N3O2/c32-23-12-8-20(9-13-23)17-22-18-34-19-31(29(22)37)27(21-10-14-24(33)15-11-21)26-7-4-16-36(26)28(31)30(38)35-25-5-2-1-3-6-25/h1-3,5-6,8-15,17,26-28,34H,4,7,16,18-19H2,(H,35,38)/b22-17+/t26?,27-,28+,31?/m0/s1. The molecule has 1 amide bonds. The molecule has 0 saturated carbocycles. The molecule has 3 fully saturated rings. The largest absolute Gasteiger partial charge is 0.325 e. The fraction of sp³-hybridized carbons (Fsp3) is 0.290. The minimum atomic E-state index is -1.09. The lowest BCUT2D eigenvalue weighted by Gasteiger charge is -2.43. The molecule has 0 bridgehead atoms. The van der Waals surface area contributed by atoms with Gasteiger partial charge in [0.1, 0.15) is 17.7 Å². The average molecular weight is 514 g/mol. The van der Waals surface area contributed by atoms with Gasteiger partial charge in [0.25, 0.3) is 0 Å². The maximum absolute atomic E-state index is 14.6. The number of rotatable bonds is 4. The van der Waals surface area contributed by atoms with Crippen LogP contribution < -0.4 is 10.6 Å². The predicted molar refractivity (Wildman–Crippen MR) is 142 cm³/mol. The summed E-state index contributed by atoms with van der Waals surface area (Å²) >= 11 is 0. The van der Waals surface area contributed by atoms with Crippen molar-refractivity contribution in [3.63, 3.8) is 0 Å². The zero-order chi connectivity index (χ0) is 26.3. The van der Waals surface area contributed by atoms with Gasteiger partial charge in [0.2, 0.25) is 5.91 Å². The minimum absolute atomic E-state index is 0.0251. The van der Waals surface area contributed by atoms with Gasteiger partial charge in [0, 0.05) is 36.3 Å². The number of piperidine rings is 1. The molecule has 3 aromatic rings. The summed E-state index contributed by atoms with van der Waals surface area (Å²) in [5.41, 5.74) is 1.71. The van der Waals surface area contributed by atoms with Gasteiger partial charge in [-0.3, -0.25) is 14.5 Å². The number of hydrogen-bond acceptors (Lipinski definition) is 4. The summed E-state index contributed by atoms with van der Waals surface area (Å²) < 4.78 is 27.5. The topological polar surface area (TPSA) is 61.4 Å². The van der Waals surface area contributed by atoms with Gasteiger partial charge >= 0.3 is 0 Å². The van der Waals surface area contributed by atoms with Gasteiger partial charge in [-0.05, 0) is 73.0 Å². The fourth-order valence-electron chi connectivity index (χ4n) is 6.82. The average Bonchev–Trinajstić information content (AvgIpc) is 3.48. The molecule has 2 N–H and O–H groups in total. The van der Waals surface area contributed by atoms with E-state index in [-0.39, 0.29) is 35.3 Å². The Balaban J connectivity index is 1.48. The van der Waals surface area contributed by atoms with Crippen LogP contribution in [0.2, 0.25) is 0 Å². The summed E-state index contributed by atoms with van der Waals surface area (Å²) in [6, 6.07) is 20.9. The molecule has 194 valence electrons. The van der Waals surface area contributed by atoms with E-state index in [2.05, 4.69) is 15.5 Å². The highest BCUT2D eigenvalue weighted by atomic mass is 19.1. The Kier molecular flexibility index (Phi) is 6.41. The van der Waals surface area contributed by atoms with Gasteiger partial charge < -0.3 is 10.6 Å². The van der Waals surface area contributed by atoms with E-state index in [9.17, 15) is 18.4 Å². The molecule has 0 aliphatic carbocycles. The smallest absolute Gasteiger partial charge is 0.242 e. The predicted octanol–water partition coefficient (Wildman–Crippen LogP) is 4.78. The number of carbonyl (C=O) groups is 2.